The number of hydrogen-bond donors (Lipinski definition) is 0. The number of hydrogen-bond acceptors (Lipinski definition) is 5. The molecule has 0 aliphatic heterocycles. The lowest BCUT2D eigenvalue weighted by Crippen LogP contribution is -2.30. The minimum Gasteiger partial charge on any atom is -0.726 e. The Morgan fingerprint density at radius 3 is 1.03 bits per heavy atom. The van der Waals surface area contributed by atoms with Gasteiger partial charge >= 0.3 is 0 Å². The maximum atomic E-state index is 9.45. The van der Waals surface area contributed by atoms with Crippen molar-refractivity contribution in [3.63, 3.8) is 0 Å². The summed E-state index contributed by atoms with van der Waals surface area (Å²) in [5.41, 5.74) is 3.55. The highest BCUT2D eigenvalue weighted by atomic mass is 32.3. The lowest BCUT2D eigenvalue weighted by Gasteiger charge is -2.25. The van der Waals surface area contributed by atoms with Crippen molar-refractivity contribution < 1.29 is 21.7 Å². The van der Waals surface area contributed by atoms with E-state index in [9.17, 15) is 13.0 Å². The summed E-state index contributed by atoms with van der Waals surface area (Å²) in [6.45, 7) is 11.5. The lowest BCUT2D eigenvalue weighted by atomic mass is 10.0. The SMILES string of the molecule is CCCCCCCCCCCCCCCCCCN(CCCCCCCCCCCCCCCCCC)c1ccc(C#Cc2cc[n+](CC)cc2)cc1.CCOS(=O)(=O)[O-]. The molecule has 0 saturated heterocycles. The molecule has 1 aromatic carbocycles. The summed E-state index contributed by atoms with van der Waals surface area (Å²) in [5.74, 6) is 6.74. The van der Waals surface area contributed by atoms with Crippen LogP contribution in [0.3, 0.4) is 0 Å². The lowest BCUT2D eigenvalue weighted by molar-refractivity contribution is -0.693. The zero-order chi connectivity index (χ0) is 43.6. The number of benzene rings is 1. The zero-order valence-corrected chi connectivity index (χ0v) is 40.3. The Labute approximate surface area is 372 Å². The van der Waals surface area contributed by atoms with Crippen molar-refractivity contribution in [3.05, 3.63) is 59.9 Å². The van der Waals surface area contributed by atoms with E-state index >= 15 is 0 Å². The van der Waals surface area contributed by atoms with Gasteiger partial charge in [0.1, 0.15) is 6.54 Å². The first-order chi connectivity index (χ1) is 29.3. The van der Waals surface area contributed by atoms with E-state index in [4.69, 9.17) is 0 Å². The molecule has 0 spiro atoms. The van der Waals surface area contributed by atoms with Gasteiger partial charge in [0.25, 0.3) is 0 Å². The Hall–Kier alpha value is -2.40. The highest BCUT2D eigenvalue weighted by Gasteiger charge is 2.07. The summed E-state index contributed by atoms with van der Waals surface area (Å²) in [6.07, 6.45) is 49.9. The van der Waals surface area contributed by atoms with Crippen LogP contribution in [-0.4, -0.2) is 32.7 Å². The molecule has 0 aliphatic rings. The molecule has 2 rings (SSSR count). The summed E-state index contributed by atoms with van der Waals surface area (Å²) in [7, 11) is -4.42. The summed E-state index contributed by atoms with van der Waals surface area (Å²) in [6, 6.07) is 13.3. The molecule has 2 aromatic rings. The molecule has 0 bridgehead atoms. The second kappa shape index (κ2) is 40.7. The second-order valence-corrected chi connectivity index (χ2v) is 18.2. The molecule has 0 fully saturated rings. The van der Waals surface area contributed by atoms with Gasteiger partial charge in [-0.15, -0.1) is 0 Å². The Kier molecular flexibility index (Phi) is 37.7. The number of unbranched alkanes of at least 4 members (excludes halogenated alkanes) is 30. The summed E-state index contributed by atoms with van der Waals surface area (Å²) < 4.78 is 34.2. The average molecular weight is 853 g/mol. The molecule has 1 heterocycles. The fraction of sp³-hybridized carbons (Fsp3) is 0.755. The summed E-state index contributed by atoms with van der Waals surface area (Å²) in [4.78, 5) is 2.67. The molecule has 0 atom stereocenters. The Morgan fingerprint density at radius 1 is 0.467 bits per heavy atom. The molecule has 0 unspecified atom stereocenters. The van der Waals surface area contributed by atoms with E-state index in [2.05, 4.69) is 95.1 Å². The number of aromatic nitrogens is 1. The van der Waals surface area contributed by atoms with Crippen molar-refractivity contribution in [1.29, 1.82) is 0 Å². The van der Waals surface area contributed by atoms with Crippen molar-refractivity contribution in [2.24, 2.45) is 0 Å². The predicted octanol–water partition coefficient (Wildman–Crippen LogP) is 15.2. The highest BCUT2D eigenvalue weighted by molar-refractivity contribution is 7.80. The third-order valence-electron chi connectivity index (χ3n) is 11.7. The predicted molar refractivity (Wildman–Crippen MR) is 257 cm³/mol. The summed E-state index contributed by atoms with van der Waals surface area (Å²) >= 11 is 0. The van der Waals surface area contributed by atoms with Gasteiger partial charge in [-0.05, 0) is 51.0 Å². The van der Waals surface area contributed by atoms with Crippen LogP contribution in [0.1, 0.15) is 244 Å². The fourth-order valence-corrected chi connectivity index (χ4v) is 8.16. The van der Waals surface area contributed by atoms with Crippen molar-refractivity contribution in [1.82, 2.24) is 0 Å². The molecule has 1 aromatic heterocycles. The molecule has 60 heavy (non-hydrogen) atoms. The van der Waals surface area contributed by atoms with E-state index in [-0.39, 0.29) is 6.61 Å². The molecule has 0 N–H and O–H groups in total. The van der Waals surface area contributed by atoms with Crippen molar-refractivity contribution in [2.45, 2.75) is 240 Å². The Morgan fingerprint density at radius 2 is 0.767 bits per heavy atom. The fourth-order valence-electron chi connectivity index (χ4n) is 7.87. The van der Waals surface area contributed by atoms with E-state index in [1.807, 2.05) is 0 Å². The van der Waals surface area contributed by atoms with Crippen LogP contribution in [0, 0.1) is 11.8 Å². The van der Waals surface area contributed by atoms with Gasteiger partial charge in [-0.1, -0.05) is 218 Å². The number of pyridine rings is 1. The first-order valence-corrected chi connectivity index (χ1v) is 26.6. The normalized spacial score (nSPS) is 11.2. The van der Waals surface area contributed by atoms with E-state index < -0.39 is 10.4 Å². The van der Waals surface area contributed by atoms with Crippen LogP contribution in [0.25, 0.3) is 0 Å². The molecular formula is C53H92N2O4S. The zero-order valence-electron chi connectivity index (χ0n) is 39.5. The van der Waals surface area contributed by atoms with Crippen molar-refractivity contribution in [2.75, 3.05) is 24.6 Å². The van der Waals surface area contributed by atoms with Gasteiger partial charge in [0.2, 0.25) is 10.4 Å². The maximum absolute atomic E-state index is 9.45. The Bertz CT molecular complexity index is 1350. The molecule has 7 heteroatoms. The van der Waals surface area contributed by atoms with Crippen LogP contribution in [0.2, 0.25) is 0 Å². The number of anilines is 1. The van der Waals surface area contributed by atoms with Crippen LogP contribution in [0.15, 0.2) is 48.8 Å². The van der Waals surface area contributed by atoms with Crippen LogP contribution in [0.4, 0.5) is 5.69 Å². The van der Waals surface area contributed by atoms with Gasteiger partial charge in [0, 0.05) is 42.0 Å². The molecule has 0 radical (unpaired) electrons. The Balaban J connectivity index is 0.00000235. The summed E-state index contributed by atoms with van der Waals surface area (Å²) in [5, 5.41) is 0. The van der Waals surface area contributed by atoms with Crippen LogP contribution >= 0.6 is 0 Å². The molecule has 0 aliphatic carbocycles. The molecule has 344 valence electrons. The largest absolute Gasteiger partial charge is 0.726 e. The third kappa shape index (κ3) is 35.2. The van der Waals surface area contributed by atoms with Crippen molar-refractivity contribution in [3.8, 4) is 11.8 Å². The van der Waals surface area contributed by atoms with E-state index in [1.54, 1.807) is 0 Å². The first-order valence-electron chi connectivity index (χ1n) is 25.3. The van der Waals surface area contributed by atoms with Gasteiger partial charge in [0.15, 0.2) is 12.4 Å². The highest BCUT2D eigenvalue weighted by Crippen LogP contribution is 2.20. The standard InChI is InChI=1S/C51H87N2.C2H6O4S/c1-4-7-9-11-13-15-17-19-21-23-25-27-29-31-33-35-45-53(46-36-34-32-30-28-26-24-22-20-18-16-14-12-10-8-5-2)51-41-39-49(40-42-51)37-38-50-43-47-52(6-3)48-44-50;1-2-6-7(3,4)5/h39-44,47-48H,4-36,45-46H2,1-3H3;2H2,1H3,(H,3,4,5)/q+1;/p-1. The minimum absolute atomic E-state index is 0.0914. The molecule has 6 nitrogen and oxygen atoms in total. The minimum atomic E-state index is -4.42. The molecular weight excluding hydrogens is 761 g/mol. The van der Waals surface area contributed by atoms with Gasteiger partial charge < -0.3 is 9.45 Å². The average Bonchev–Trinajstić information content (AvgIpc) is 3.24. The topological polar surface area (TPSA) is 73.5 Å². The first kappa shape index (κ1) is 55.6. The number of rotatable bonds is 38. The van der Waals surface area contributed by atoms with Gasteiger partial charge in [-0.3, -0.25) is 4.18 Å². The van der Waals surface area contributed by atoms with Crippen LogP contribution in [0.5, 0.6) is 0 Å². The van der Waals surface area contributed by atoms with E-state index in [1.165, 1.54) is 231 Å². The number of aryl methyl sites for hydroxylation is 1. The van der Waals surface area contributed by atoms with Gasteiger partial charge in [-0.2, -0.15) is 0 Å². The monoisotopic (exact) mass is 853 g/mol. The van der Waals surface area contributed by atoms with Gasteiger partial charge in [0.05, 0.1) is 6.61 Å². The quantitative estimate of drug-likeness (QED) is 0.0221. The van der Waals surface area contributed by atoms with E-state index in [0.29, 0.717) is 0 Å². The smallest absolute Gasteiger partial charge is 0.217 e. The molecule has 0 amide bonds. The van der Waals surface area contributed by atoms with Crippen LogP contribution in [-0.2, 0) is 21.1 Å². The van der Waals surface area contributed by atoms with E-state index in [0.717, 1.165) is 17.7 Å². The van der Waals surface area contributed by atoms with Gasteiger partial charge in [-0.25, -0.2) is 13.0 Å². The third-order valence-corrected chi connectivity index (χ3v) is 12.2. The maximum Gasteiger partial charge on any atom is 0.217 e. The van der Waals surface area contributed by atoms with Crippen LogP contribution < -0.4 is 9.47 Å². The van der Waals surface area contributed by atoms with Crippen molar-refractivity contribution >= 4 is 16.1 Å². The second-order valence-electron chi connectivity index (χ2n) is 17.1. The molecule has 0 saturated carbocycles. The number of nitrogens with zero attached hydrogens (tertiary/aromatic N) is 2.